The molecule has 1 aromatic rings. The number of hydrogen-bond donors (Lipinski definition) is 2. The number of nitrogens with zero attached hydrogens (tertiary/aromatic N) is 1. The van der Waals surface area contributed by atoms with E-state index in [4.69, 9.17) is 5.73 Å². The van der Waals surface area contributed by atoms with Crippen LogP contribution in [0.15, 0.2) is 0 Å². The topological polar surface area (TPSA) is 54.7 Å². The third kappa shape index (κ3) is 1.55. The zero-order valence-corrected chi connectivity index (χ0v) is 8.14. The fourth-order valence-electron chi connectivity index (χ4n) is 2.25. The Hall–Kier alpha value is -0.990. The summed E-state index contributed by atoms with van der Waals surface area (Å²) in [5.41, 5.74) is 8.13. The van der Waals surface area contributed by atoms with Gasteiger partial charge in [0.2, 0.25) is 0 Å². The Morgan fingerprint density at radius 3 is 2.77 bits per heavy atom. The number of rotatable bonds is 2. The fraction of sp³-hybridized carbons (Fsp3) is 0.700. The molecule has 13 heavy (non-hydrogen) atoms. The lowest BCUT2D eigenvalue weighted by atomic mass is 10.0. The maximum Gasteiger partial charge on any atom is 0.197 e. The molecule has 1 aromatic heterocycles. The van der Waals surface area contributed by atoms with Gasteiger partial charge in [-0.05, 0) is 19.3 Å². The van der Waals surface area contributed by atoms with Gasteiger partial charge in [0, 0.05) is 11.6 Å². The Bertz CT molecular complexity index is 284. The van der Waals surface area contributed by atoms with Gasteiger partial charge < -0.3 is 10.7 Å². The molecule has 3 heteroatoms. The second kappa shape index (κ2) is 3.40. The summed E-state index contributed by atoms with van der Waals surface area (Å²) in [5.74, 6) is 1.25. The van der Waals surface area contributed by atoms with Crippen LogP contribution in [-0.4, -0.2) is 9.97 Å². The summed E-state index contributed by atoms with van der Waals surface area (Å²) in [5, 5.41) is 0. The molecule has 1 fully saturated rings. The predicted molar refractivity (Wildman–Crippen MR) is 53.6 cm³/mol. The van der Waals surface area contributed by atoms with Crippen LogP contribution in [0.3, 0.4) is 0 Å². The molecule has 0 aliphatic heterocycles. The van der Waals surface area contributed by atoms with Gasteiger partial charge in [-0.15, -0.1) is 0 Å². The number of nitrogen functional groups attached to an aromatic ring is 1. The van der Waals surface area contributed by atoms with Crippen molar-refractivity contribution in [3.8, 4) is 0 Å². The normalized spacial score (nSPS) is 18.2. The fourth-order valence-corrected chi connectivity index (χ4v) is 2.25. The molecule has 0 radical (unpaired) electrons. The Morgan fingerprint density at radius 2 is 2.15 bits per heavy atom. The van der Waals surface area contributed by atoms with Crippen molar-refractivity contribution in [2.45, 2.75) is 44.9 Å². The SMILES string of the molecule is CCc1[nH]c(N)nc1C1CCCC1. The summed E-state index contributed by atoms with van der Waals surface area (Å²) >= 11 is 0. The van der Waals surface area contributed by atoms with Crippen LogP contribution in [0, 0.1) is 0 Å². The van der Waals surface area contributed by atoms with Gasteiger partial charge in [-0.25, -0.2) is 4.98 Å². The summed E-state index contributed by atoms with van der Waals surface area (Å²) < 4.78 is 0. The van der Waals surface area contributed by atoms with E-state index in [9.17, 15) is 0 Å². The van der Waals surface area contributed by atoms with E-state index in [-0.39, 0.29) is 0 Å². The maximum absolute atomic E-state index is 5.66. The molecule has 0 saturated heterocycles. The molecule has 3 N–H and O–H groups in total. The Balaban J connectivity index is 2.26. The Morgan fingerprint density at radius 1 is 1.46 bits per heavy atom. The predicted octanol–water partition coefficient (Wildman–Crippen LogP) is 2.21. The number of nitrogens with two attached hydrogens (primary N) is 1. The first-order chi connectivity index (χ1) is 6.31. The number of anilines is 1. The molecule has 0 bridgehead atoms. The summed E-state index contributed by atoms with van der Waals surface area (Å²) in [6.07, 6.45) is 6.28. The summed E-state index contributed by atoms with van der Waals surface area (Å²) in [4.78, 5) is 7.52. The van der Waals surface area contributed by atoms with Gasteiger partial charge in [0.1, 0.15) is 0 Å². The van der Waals surface area contributed by atoms with Crippen LogP contribution in [0.2, 0.25) is 0 Å². The zero-order valence-electron chi connectivity index (χ0n) is 8.14. The van der Waals surface area contributed by atoms with Crippen molar-refractivity contribution in [1.29, 1.82) is 0 Å². The molecule has 1 aliphatic rings. The van der Waals surface area contributed by atoms with E-state index in [2.05, 4.69) is 16.9 Å². The molecule has 3 nitrogen and oxygen atoms in total. The first kappa shape index (κ1) is 8.60. The number of aromatic amines is 1. The van der Waals surface area contributed by atoms with Gasteiger partial charge in [0.15, 0.2) is 5.95 Å². The molecule has 2 rings (SSSR count). The highest BCUT2D eigenvalue weighted by molar-refractivity contribution is 5.29. The van der Waals surface area contributed by atoms with E-state index in [0.717, 1.165) is 6.42 Å². The lowest BCUT2D eigenvalue weighted by molar-refractivity contribution is 0.692. The standard InChI is InChI=1S/C10H17N3/c1-2-8-9(13-10(11)12-8)7-5-3-4-6-7/h7H,2-6H2,1H3,(H3,11,12,13). The number of hydrogen-bond acceptors (Lipinski definition) is 2. The lowest BCUT2D eigenvalue weighted by Crippen LogP contribution is -1.97. The van der Waals surface area contributed by atoms with E-state index in [0.29, 0.717) is 11.9 Å². The number of H-pyrrole nitrogens is 1. The Kier molecular flexibility index (Phi) is 2.25. The van der Waals surface area contributed by atoms with Gasteiger partial charge in [0.05, 0.1) is 5.69 Å². The van der Waals surface area contributed by atoms with Gasteiger partial charge >= 0.3 is 0 Å². The minimum Gasteiger partial charge on any atom is -0.369 e. The van der Waals surface area contributed by atoms with Crippen LogP contribution in [-0.2, 0) is 6.42 Å². The average Bonchev–Trinajstić information content (AvgIpc) is 2.71. The van der Waals surface area contributed by atoms with Gasteiger partial charge in [-0.3, -0.25) is 0 Å². The van der Waals surface area contributed by atoms with Crippen LogP contribution in [0.1, 0.15) is 49.9 Å². The van der Waals surface area contributed by atoms with Gasteiger partial charge in [-0.2, -0.15) is 0 Å². The highest BCUT2D eigenvalue weighted by atomic mass is 15.0. The number of nitrogens with one attached hydrogen (secondary N) is 1. The van der Waals surface area contributed by atoms with Crippen molar-refractivity contribution >= 4 is 5.95 Å². The number of imidazole rings is 1. The highest BCUT2D eigenvalue weighted by Crippen LogP contribution is 2.35. The van der Waals surface area contributed by atoms with Crippen LogP contribution in [0.5, 0.6) is 0 Å². The van der Waals surface area contributed by atoms with Crippen molar-refractivity contribution in [3.05, 3.63) is 11.4 Å². The molecule has 1 heterocycles. The van der Waals surface area contributed by atoms with E-state index < -0.39 is 0 Å². The number of aryl methyl sites for hydroxylation is 1. The van der Waals surface area contributed by atoms with Crippen LogP contribution < -0.4 is 5.73 Å². The van der Waals surface area contributed by atoms with Gasteiger partial charge in [-0.1, -0.05) is 19.8 Å². The monoisotopic (exact) mass is 179 g/mol. The molecule has 0 unspecified atom stereocenters. The van der Waals surface area contributed by atoms with E-state index >= 15 is 0 Å². The van der Waals surface area contributed by atoms with E-state index in [1.54, 1.807) is 0 Å². The van der Waals surface area contributed by atoms with Crippen molar-refractivity contribution in [2.24, 2.45) is 0 Å². The smallest absolute Gasteiger partial charge is 0.197 e. The average molecular weight is 179 g/mol. The molecule has 0 aromatic carbocycles. The van der Waals surface area contributed by atoms with Crippen molar-refractivity contribution < 1.29 is 0 Å². The molecule has 72 valence electrons. The minimum atomic E-state index is 0.582. The summed E-state index contributed by atoms with van der Waals surface area (Å²) in [6, 6.07) is 0. The minimum absolute atomic E-state index is 0.582. The summed E-state index contributed by atoms with van der Waals surface area (Å²) in [7, 11) is 0. The molecular formula is C10H17N3. The lowest BCUT2D eigenvalue weighted by Gasteiger charge is -2.06. The molecule has 1 aliphatic carbocycles. The van der Waals surface area contributed by atoms with Gasteiger partial charge in [0.25, 0.3) is 0 Å². The molecule has 0 spiro atoms. The summed E-state index contributed by atoms with van der Waals surface area (Å²) in [6.45, 7) is 2.14. The molecule has 0 atom stereocenters. The van der Waals surface area contributed by atoms with Crippen molar-refractivity contribution in [1.82, 2.24) is 9.97 Å². The first-order valence-corrected chi connectivity index (χ1v) is 5.15. The largest absolute Gasteiger partial charge is 0.369 e. The maximum atomic E-state index is 5.66. The third-order valence-corrected chi connectivity index (χ3v) is 2.92. The van der Waals surface area contributed by atoms with E-state index in [1.807, 2.05) is 0 Å². The quantitative estimate of drug-likeness (QED) is 0.731. The molecule has 1 saturated carbocycles. The number of aromatic nitrogens is 2. The van der Waals surface area contributed by atoms with Crippen molar-refractivity contribution in [2.75, 3.05) is 5.73 Å². The van der Waals surface area contributed by atoms with Crippen LogP contribution in [0.4, 0.5) is 5.95 Å². The van der Waals surface area contributed by atoms with E-state index in [1.165, 1.54) is 37.1 Å². The third-order valence-electron chi connectivity index (χ3n) is 2.92. The van der Waals surface area contributed by atoms with Crippen LogP contribution in [0.25, 0.3) is 0 Å². The zero-order chi connectivity index (χ0) is 9.26. The highest BCUT2D eigenvalue weighted by Gasteiger charge is 2.22. The Labute approximate surface area is 78.7 Å². The first-order valence-electron chi connectivity index (χ1n) is 5.15. The van der Waals surface area contributed by atoms with Crippen molar-refractivity contribution in [3.63, 3.8) is 0 Å². The second-order valence-corrected chi connectivity index (χ2v) is 3.82. The molecular weight excluding hydrogens is 162 g/mol. The van der Waals surface area contributed by atoms with Crippen LogP contribution >= 0.6 is 0 Å². The molecule has 0 amide bonds. The second-order valence-electron chi connectivity index (χ2n) is 3.82.